The molecule has 0 saturated heterocycles. The molecular formula is C14H24N2O2S. The number of rotatable bonds is 5. The standard InChI is InChI=1S/C14H24N2O2S/c1-14(2,3)10-9-13(16-15)11-5-7-12(8-6-11)19(4,17)18/h5-8,13,16H,9-10,15H2,1-4H3. The quantitative estimate of drug-likeness (QED) is 0.643. The van der Waals surface area contributed by atoms with E-state index in [-0.39, 0.29) is 11.5 Å². The average Bonchev–Trinajstić information content (AvgIpc) is 2.28. The van der Waals surface area contributed by atoms with Gasteiger partial charge in [-0.2, -0.15) is 0 Å². The molecule has 1 atom stereocenters. The third-order valence-electron chi connectivity index (χ3n) is 3.09. The molecule has 4 nitrogen and oxygen atoms in total. The summed E-state index contributed by atoms with van der Waals surface area (Å²) in [6.45, 7) is 6.56. The highest BCUT2D eigenvalue weighted by Crippen LogP contribution is 2.27. The fourth-order valence-electron chi connectivity index (χ4n) is 1.87. The Morgan fingerprint density at radius 1 is 1.21 bits per heavy atom. The van der Waals surface area contributed by atoms with E-state index in [0.717, 1.165) is 18.4 Å². The molecule has 5 heteroatoms. The van der Waals surface area contributed by atoms with Crippen molar-refractivity contribution in [3.8, 4) is 0 Å². The monoisotopic (exact) mass is 284 g/mol. The van der Waals surface area contributed by atoms with Crippen molar-refractivity contribution < 1.29 is 8.42 Å². The predicted octanol–water partition coefficient (Wildman–Crippen LogP) is 2.42. The van der Waals surface area contributed by atoms with Gasteiger partial charge in [-0.05, 0) is 36.0 Å². The van der Waals surface area contributed by atoms with Gasteiger partial charge >= 0.3 is 0 Å². The molecule has 0 bridgehead atoms. The third kappa shape index (κ3) is 5.30. The zero-order chi connectivity index (χ0) is 14.7. The molecule has 0 aliphatic heterocycles. The Bertz CT molecular complexity index is 501. The fraction of sp³-hybridized carbons (Fsp3) is 0.571. The molecule has 0 radical (unpaired) electrons. The summed E-state index contributed by atoms with van der Waals surface area (Å²) in [6.07, 6.45) is 3.16. The molecule has 0 spiro atoms. The van der Waals surface area contributed by atoms with Gasteiger partial charge < -0.3 is 0 Å². The first kappa shape index (κ1) is 16.1. The smallest absolute Gasteiger partial charge is 0.175 e. The van der Waals surface area contributed by atoms with Gasteiger partial charge in [0.1, 0.15) is 0 Å². The van der Waals surface area contributed by atoms with E-state index in [2.05, 4.69) is 26.2 Å². The number of benzene rings is 1. The van der Waals surface area contributed by atoms with Crippen molar-refractivity contribution in [3.63, 3.8) is 0 Å². The van der Waals surface area contributed by atoms with Crippen molar-refractivity contribution >= 4 is 9.84 Å². The van der Waals surface area contributed by atoms with E-state index < -0.39 is 9.84 Å². The fourth-order valence-corrected chi connectivity index (χ4v) is 2.50. The van der Waals surface area contributed by atoms with E-state index in [0.29, 0.717) is 4.90 Å². The number of hydrogen-bond acceptors (Lipinski definition) is 4. The minimum Gasteiger partial charge on any atom is -0.271 e. The van der Waals surface area contributed by atoms with Crippen molar-refractivity contribution in [2.75, 3.05) is 6.26 Å². The lowest BCUT2D eigenvalue weighted by molar-refractivity contribution is 0.333. The second-order valence-electron chi connectivity index (χ2n) is 6.16. The van der Waals surface area contributed by atoms with Crippen LogP contribution in [0.15, 0.2) is 29.2 Å². The van der Waals surface area contributed by atoms with E-state index in [1.807, 2.05) is 12.1 Å². The largest absolute Gasteiger partial charge is 0.271 e. The van der Waals surface area contributed by atoms with Crippen molar-refractivity contribution in [2.24, 2.45) is 11.3 Å². The van der Waals surface area contributed by atoms with Crippen LogP contribution < -0.4 is 11.3 Å². The lowest BCUT2D eigenvalue weighted by Crippen LogP contribution is -2.29. The lowest BCUT2D eigenvalue weighted by atomic mass is 9.87. The summed E-state index contributed by atoms with van der Waals surface area (Å²) >= 11 is 0. The second kappa shape index (κ2) is 6.03. The molecule has 1 rings (SSSR count). The van der Waals surface area contributed by atoms with Crippen LogP contribution in [0.2, 0.25) is 0 Å². The van der Waals surface area contributed by atoms with E-state index in [1.165, 1.54) is 6.26 Å². The summed E-state index contributed by atoms with van der Waals surface area (Å²) in [4.78, 5) is 0.336. The van der Waals surface area contributed by atoms with Crippen LogP contribution in [0.25, 0.3) is 0 Å². The first-order valence-corrected chi connectivity index (χ1v) is 8.29. The maximum Gasteiger partial charge on any atom is 0.175 e. The van der Waals surface area contributed by atoms with Crippen LogP contribution in [-0.4, -0.2) is 14.7 Å². The molecule has 0 aromatic heterocycles. The third-order valence-corrected chi connectivity index (χ3v) is 4.22. The maximum atomic E-state index is 11.4. The van der Waals surface area contributed by atoms with Crippen LogP contribution in [0.3, 0.4) is 0 Å². The molecule has 108 valence electrons. The van der Waals surface area contributed by atoms with Gasteiger partial charge in [0.2, 0.25) is 0 Å². The highest BCUT2D eigenvalue weighted by atomic mass is 32.2. The molecule has 1 aromatic carbocycles. The molecule has 0 heterocycles. The molecule has 1 unspecified atom stereocenters. The maximum absolute atomic E-state index is 11.4. The molecule has 0 saturated carbocycles. The van der Waals surface area contributed by atoms with Crippen molar-refractivity contribution in [3.05, 3.63) is 29.8 Å². The Kier molecular flexibility index (Phi) is 5.12. The van der Waals surface area contributed by atoms with Gasteiger partial charge in [0.15, 0.2) is 9.84 Å². The summed E-state index contributed by atoms with van der Waals surface area (Å²) in [5, 5.41) is 0. The Morgan fingerprint density at radius 3 is 2.11 bits per heavy atom. The predicted molar refractivity (Wildman–Crippen MR) is 78.3 cm³/mol. The van der Waals surface area contributed by atoms with Gasteiger partial charge in [-0.1, -0.05) is 32.9 Å². The van der Waals surface area contributed by atoms with Crippen molar-refractivity contribution in [1.29, 1.82) is 0 Å². The van der Waals surface area contributed by atoms with E-state index >= 15 is 0 Å². The van der Waals surface area contributed by atoms with Gasteiger partial charge in [0, 0.05) is 12.3 Å². The summed E-state index contributed by atoms with van der Waals surface area (Å²) in [6, 6.07) is 6.96. The second-order valence-corrected chi connectivity index (χ2v) is 8.18. The van der Waals surface area contributed by atoms with Gasteiger partial charge in [-0.3, -0.25) is 11.3 Å². The molecule has 0 fully saturated rings. The van der Waals surface area contributed by atoms with Crippen LogP contribution in [0, 0.1) is 5.41 Å². The highest BCUT2D eigenvalue weighted by molar-refractivity contribution is 7.90. The Labute approximate surface area is 116 Å². The number of nitrogens with two attached hydrogens (primary N) is 1. The van der Waals surface area contributed by atoms with Gasteiger partial charge in [-0.15, -0.1) is 0 Å². The van der Waals surface area contributed by atoms with Crippen LogP contribution in [0.4, 0.5) is 0 Å². The molecule has 3 N–H and O–H groups in total. The topological polar surface area (TPSA) is 72.2 Å². The summed E-state index contributed by atoms with van der Waals surface area (Å²) in [5.41, 5.74) is 4.06. The SMILES string of the molecule is CC(C)(C)CCC(NN)c1ccc(S(C)(=O)=O)cc1. The van der Waals surface area contributed by atoms with Crippen LogP contribution in [-0.2, 0) is 9.84 Å². The van der Waals surface area contributed by atoms with E-state index in [4.69, 9.17) is 5.84 Å². The number of hydrazine groups is 1. The summed E-state index contributed by atoms with van der Waals surface area (Å²) < 4.78 is 22.8. The molecular weight excluding hydrogens is 260 g/mol. The number of hydrogen-bond donors (Lipinski definition) is 2. The Morgan fingerprint density at radius 2 is 1.74 bits per heavy atom. The van der Waals surface area contributed by atoms with Crippen LogP contribution in [0.5, 0.6) is 0 Å². The minimum absolute atomic E-state index is 0.0489. The number of nitrogens with one attached hydrogen (secondary N) is 1. The molecule has 1 aromatic rings. The van der Waals surface area contributed by atoms with Crippen molar-refractivity contribution in [2.45, 2.75) is 44.6 Å². The normalized spacial score (nSPS) is 14.4. The van der Waals surface area contributed by atoms with Gasteiger partial charge in [0.25, 0.3) is 0 Å². The number of sulfone groups is 1. The van der Waals surface area contributed by atoms with Gasteiger partial charge in [-0.25, -0.2) is 8.42 Å². The summed E-state index contributed by atoms with van der Waals surface area (Å²) in [5.74, 6) is 5.59. The van der Waals surface area contributed by atoms with Gasteiger partial charge in [0.05, 0.1) is 4.90 Å². The highest BCUT2D eigenvalue weighted by Gasteiger charge is 2.16. The zero-order valence-corrected chi connectivity index (χ0v) is 12.9. The average molecular weight is 284 g/mol. The van der Waals surface area contributed by atoms with E-state index in [1.54, 1.807) is 12.1 Å². The zero-order valence-electron chi connectivity index (χ0n) is 12.1. The molecule has 0 aliphatic carbocycles. The van der Waals surface area contributed by atoms with E-state index in [9.17, 15) is 8.42 Å². The molecule has 19 heavy (non-hydrogen) atoms. The summed E-state index contributed by atoms with van der Waals surface area (Å²) in [7, 11) is -3.14. The first-order chi connectivity index (χ1) is 8.63. The lowest BCUT2D eigenvalue weighted by Gasteiger charge is -2.23. The Hall–Kier alpha value is -0.910. The molecule has 0 amide bonds. The molecule has 0 aliphatic rings. The van der Waals surface area contributed by atoms with Crippen molar-refractivity contribution in [1.82, 2.24) is 5.43 Å². The minimum atomic E-state index is -3.14. The first-order valence-electron chi connectivity index (χ1n) is 6.39. The Balaban J connectivity index is 2.83. The van der Waals surface area contributed by atoms with Crippen LogP contribution in [0.1, 0.15) is 45.2 Å². The van der Waals surface area contributed by atoms with Crippen LogP contribution >= 0.6 is 0 Å².